The standard InChI is InChI=1S/C28H25N2S.C5H5.Fe/c1-22-15-17-25(18-16-22)31-28-14-8-13-26(28)27(19-29)30(20-23-9-4-2-5-10-23)21-24-11-6-3-7-12-24;1-2-4-5-3-1;/h2-18,27H,20-21H2,1H3;1-5H;/q;;+2/t27-;;/m1../s1. The van der Waals surface area contributed by atoms with E-state index in [1.165, 1.54) is 21.6 Å². The molecule has 1 atom stereocenters. The molecule has 3 aromatic rings. The smallest absolute Gasteiger partial charge is 0.279 e. The van der Waals surface area contributed by atoms with Crippen LogP contribution in [0.5, 0.6) is 0 Å². The van der Waals surface area contributed by atoms with E-state index in [1.54, 1.807) is 11.8 Å². The van der Waals surface area contributed by atoms with Crippen LogP contribution in [0, 0.1) is 80.8 Å². The molecular weight excluding hydrogens is 512 g/mol. The monoisotopic (exact) mass is 542 g/mol. The Kier molecular flexibility index (Phi) is 12.8. The van der Waals surface area contributed by atoms with Crippen LogP contribution in [0.4, 0.5) is 0 Å². The van der Waals surface area contributed by atoms with Gasteiger partial charge in [0.15, 0.2) is 0 Å². The number of nitriles is 1. The topological polar surface area (TPSA) is 27.0 Å². The normalized spacial score (nSPS) is 16.5. The number of benzene rings is 3. The van der Waals surface area contributed by atoms with Crippen molar-refractivity contribution in [3.63, 3.8) is 0 Å². The van der Waals surface area contributed by atoms with E-state index < -0.39 is 0 Å². The number of aryl methyl sites for hydroxylation is 1. The van der Waals surface area contributed by atoms with Crippen molar-refractivity contribution < 1.29 is 17.1 Å². The molecule has 0 bridgehead atoms. The van der Waals surface area contributed by atoms with Gasteiger partial charge >= 0.3 is 17.1 Å². The molecule has 4 heteroatoms. The SMILES string of the molecule is Cc1ccc(S[C]2[CH][CH][CH][C]2[C@@H](C#N)N(Cc2ccccc2)Cc2ccccc2)cc1.[CH]1[CH][CH][CH][CH]1.[Fe+2]. The average molecular weight is 543 g/mol. The Morgan fingerprint density at radius 1 is 0.703 bits per heavy atom. The minimum Gasteiger partial charge on any atom is -0.279 e. The summed E-state index contributed by atoms with van der Waals surface area (Å²) in [6, 6.07) is 31.6. The Bertz CT molecular complexity index is 1010. The van der Waals surface area contributed by atoms with E-state index in [1.807, 2.05) is 44.2 Å². The van der Waals surface area contributed by atoms with Crippen LogP contribution in [-0.2, 0) is 30.2 Å². The van der Waals surface area contributed by atoms with Crippen LogP contribution in [0.3, 0.4) is 0 Å². The molecule has 10 radical (unpaired) electrons. The molecule has 184 valence electrons. The first-order chi connectivity index (χ1) is 17.7. The van der Waals surface area contributed by atoms with Crippen LogP contribution < -0.4 is 0 Å². The molecule has 0 aliphatic heterocycles. The summed E-state index contributed by atoms with van der Waals surface area (Å²) in [5.41, 5.74) is 3.66. The van der Waals surface area contributed by atoms with Gasteiger partial charge in [-0.15, -0.1) is 11.8 Å². The first kappa shape index (κ1) is 29.5. The molecule has 2 fully saturated rings. The average Bonchev–Trinajstić information content (AvgIpc) is 3.63. The van der Waals surface area contributed by atoms with E-state index in [4.69, 9.17) is 0 Å². The van der Waals surface area contributed by atoms with Gasteiger partial charge in [-0.1, -0.05) is 78.4 Å². The number of hydrogen-bond donors (Lipinski definition) is 0. The number of nitrogens with zero attached hydrogens (tertiary/aromatic N) is 2. The Balaban J connectivity index is 0.000000568. The molecule has 2 aliphatic rings. The maximum atomic E-state index is 10.3. The van der Waals surface area contributed by atoms with Gasteiger partial charge in [-0.05, 0) is 81.5 Å². The Hall–Kier alpha value is -2.02. The minimum absolute atomic E-state index is 0. The van der Waals surface area contributed by atoms with Crippen LogP contribution in [-0.4, -0.2) is 10.9 Å². The second-order valence-electron chi connectivity index (χ2n) is 8.63. The molecule has 0 heterocycles. The first-order valence-electron chi connectivity index (χ1n) is 12.1. The zero-order valence-electron chi connectivity index (χ0n) is 20.8. The second kappa shape index (κ2) is 16.1. The number of thioether (sulfide) groups is 1. The van der Waals surface area contributed by atoms with Crippen molar-refractivity contribution >= 4 is 11.8 Å². The van der Waals surface area contributed by atoms with Gasteiger partial charge < -0.3 is 0 Å². The molecule has 0 N–H and O–H groups in total. The molecule has 0 amide bonds. The fourth-order valence-corrected chi connectivity index (χ4v) is 4.98. The fourth-order valence-electron chi connectivity index (χ4n) is 4.01. The van der Waals surface area contributed by atoms with Gasteiger partial charge in [-0.2, -0.15) is 5.26 Å². The number of rotatable bonds is 8. The Morgan fingerprint density at radius 3 is 1.70 bits per heavy atom. The molecule has 2 saturated carbocycles. The van der Waals surface area contributed by atoms with Gasteiger partial charge in [0.05, 0.1) is 6.07 Å². The summed E-state index contributed by atoms with van der Waals surface area (Å²) >= 11 is 1.73. The maximum Gasteiger partial charge on any atom is 2.00 e. The second-order valence-corrected chi connectivity index (χ2v) is 9.75. The summed E-state index contributed by atoms with van der Waals surface area (Å²) in [4.78, 5) is 3.45. The van der Waals surface area contributed by atoms with Gasteiger partial charge in [-0.25, -0.2) is 0 Å². The summed E-state index contributed by atoms with van der Waals surface area (Å²) in [5, 5.41) is 11.4. The third-order valence-electron chi connectivity index (χ3n) is 5.85. The van der Waals surface area contributed by atoms with Gasteiger partial charge in [-0.3, -0.25) is 4.90 Å². The third kappa shape index (κ3) is 9.35. The van der Waals surface area contributed by atoms with Crippen LogP contribution in [0.15, 0.2) is 89.8 Å². The Labute approximate surface area is 239 Å². The zero-order chi connectivity index (χ0) is 25.0. The van der Waals surface area contributed by atoms with E-state index in [-0.39, 0.29) is 23.1 Å². The van der Waals surface area contributed by atoms with E-state index in [2.05, 4.69) is 110 Å². The molecule has 2 aliphatic carbocycles. The molecule has 0 aromatic heterocycles. The largest absolute Gasteiger partial charge is 2.00 e. The first-order valence-corrected chi connectivity index (χ1v) is 12.9. The summed E-state index contributed by atoms with van der Waals surface area (Å²) in [6.45, 7) is 3.53. The third-order valence-corrected chi connectivity index (χ3v) is 6.95. The predicted molar refractivity (Wildman–Crippen MR) is 149 cm³/mol. The van der Waals surface area contributed by atoms with Gasteiger partial charge in [0.1, 0.15) is 6.04 Å². The maximum absolute atomic E-state index is 10.3. The van der Waals surface area contributed by atoms with E-state index in [0.717, 1.165) is 11.2 Å². The van der Waals surface area contributed by atoms with Crippen LogP contribution >= 0.6 is 11.8 Å². The van der Waals surface area contributed by atoms with Gasteiger partial charge in [0, 0.05) is 29.2 Å². The minimum atomic E-state index is -0.330. The summed E-state index contributed by atoms with van der Waals surface area (Å²) in [7, 11) is 0. The van der Waals surface area contributed by atoms with Crippen LogP contribution in [0.2, 0.25) is 0 Å². The van der Waals surface area contributed by atoms with Crippen molar-refractivity contribution in [2.24, 2.45) is 0 Å². The van der Waals surface area contributed by atoms with Crippen molar-refractivity contribution in [3.8, 4) is 6.07 Å². The summed E-state index contributed by atoms with van der Waals surface area (Å²) < 4.78 is 0. The van der Waals surface area contributed by atoms with Crippen LogP contribution in [0.25, 0.3) is 0 Å². The van der Waals surface area contributed by atoms with Gasteiger partial charge in [0.25, 0.3) is 0 Å². The van der Waals surface area contributed by atoms with E-state index >= 15 is 0 Å². The van der Waals surface area contributed by atoms with E-state index in [0.29, 0.717) is 13.1 Å². The van der Waals surface area contributed by atoms with Crippen LogP contribution in [0.1, 0.15) is 16.7 Å². The molecule has 5 rings (SSSR count). The summed E-state index contributed by atoms with van der Waals surface area (Å²) in [6.07, 6.45) is 16.3. The Morgan fingerprint density at radius 2 is 1.22 bits per heavy atom. The number of hydrogen-bond acceptors (Lipinski definition) is 3. The molecule has 2 nitrogen and oxygen atoms in total. The van der Waals surface area contributed by atoms with E-state index in [9.17, 15) is 5.26 Å². The van der Waals surface area contributed by atoms with Crippen molar-refractivity contribution in [3.05, 3.63) is 164 Å². The summed E-state index contributed by atoms with van der Waals surface area (Å²) in [5.74, 6) is 1.07. The predicted octanol–water partition coefficient (Wildman–Crippen LogP) is 7.43. The van der Waals surface area contributed by atoms with Crippen molar-refractivity contribution in [1.29, 1.82) is 5.26 Å². The van der Waals surface area contributed by atoms with Crippen molar-refractivity contribution in [2.75, 3.05) is 0 Å². The fraction of sp³-hybridized carbons (Fsp3) is 0.121. The molecule has 0 saturated heterocycles. The van der Waals surface area contributed by atoms with Crippen molar-refractivity contribution in [1.82, 2.24) is 4.90 Å². The molecule has 0 spiro atoms. The molecule has 0 unspecified atom stereocenters. The molecular formula is C33H30FeN2S+2. The van der Waals surface area contributed by atoms with Crippen molar-refractivity contribution in [2.45, 2.75) is 31.0 Å². The zero-order valence-corrected chi connectivity index (χ0v) is 22.8. The van der Waals surface area contributed by atoms with Gasteiger partial charge in [0.2, 0.25) is 0 Å². The quantitative estimate of drug-likeness (QED) is 0.277. The molecule has 37 heavy (non-hydrogen) atoms. The molecule has 3 aromatic carbocycles.